The molecule has 1 amide bonds. The van der Waals surface area contributed by atoms with Crippen molar-refractivity contribution in [2.45, 2.75) is 38.8 Å². The van der Waals surface area contributed by atoms with Gasteiger partial charge in [0.2, 0.25) is 0 Å². The highest BCUT2D eigenvalue weighted by Crippen LogP contribution is 2.23. The summed E-state index contributed by atoms with van der Waals surface area (Å²) >= 11 is 0. The van der Waals surface area contributed by atoms with E-state index in [0.717, 1.165) is 5.56 Å². The average molecular weight is 426 g/mol. The van der Waals surface area contributed by atoms with Gasteiger partial charge in [-0.3, -0.25) is 0 Å². The molecule has 6 nitrogen and oxygen atoms in total. The fourth-order valence-corrected chi connectivity index (χ4v) is 2.98. The maximum atomic E-state index is 14.6. The third-order valence-corrected chi connectivity index (χ3v) is 4.42. The van der Waals surface area contributed by atoms with Gasteiger partial charge in [-0.25, -0.2) is 14.2 Å². The van der Waals surface area contributed by atoms with Crippen molar-refractivity contribution in [2.75, 3.05) is 13.2 Å². The summed E-state index contributed by atoms with van der Waals surface area (Å²) in [6.45, 7) is 4.98. The summed E-state index contributed by atoms with van der Waals surface area (Å²) < 4.78 is 25.4. The van der Waals surface area contributed by atoms with Crippen molar-refractivity contribution >= 4 is 17.0 Å². The first-order valence-corrected chi connectivity index (χ1v) is 10.1. The second-order valence-electron chi connectivity index (χ2n) is 8.27. The quantitative estimate of drug-likeness (QED) is 0.591. The normalized spacial score (nSPS) is 12.4. The number of aliphatic hydroxyl groups is 1. The number of carbonyl (C=O) groups is 1. The number of alkyl carbamates (subject to hydrolysis) is 1. The Balaban J connectivity index is 1.66. The molecule has 3 rings (SSSR count). The SMILES string of the molecule is CC(C)(C)OC(=O)N[C@H](CO)COc1ccc2nc(Cc3ccccc3)c(F)cc2c1. The van der Waals surface area contributed by atoms with Gasteiger partial charge in [0.15, 0.2) is 0 Å². The Hall–Kier alpha value is -3.19. The summed E-state index contributed by atoms with van der Waals surface area (Å²) in [5.41, 5.74) is 1.39. The van der Waals surface area contributed by atoms with E-state index in [-0.39, 0.29) is 19.0 Å². The molecule has 164 valence electrons. The molecule has 2 N–H and O–H groups in total. The molecular weight excluding hydrogens is 399 g/mol. The third kappa shape index (κ3) is 6.65. The van der Waals surface area contributed by atoms with Crippen LogP contribution in [-0.4, -0.2) is 41.0 Å². The van der Waals surface area contributed by atoms with Crippen LogP contribution in [-0.2, 0) is 11.2 Å². The molecular formula is C24H27FN2O4. The van der Waals surface area contributed by atoms with E-state index in [2.05, 4.69) is 10.3 Å². The molecule has 1 atom stereocenters. The minimum atomic E-state index is -0.645. The number of rotatable bonds is 7. The molecule has 0 fully saturated rings. The van der Waals surface area contributed by atoms with Gasteiger partial charge in [0.05, 0.1) is 23.9 Å². The number of amides is 1. The van der Waals surface area contributed by atoms with Gasteiger partial charge in [-0.1, -0.05) is 30.3 Å². The number of nitrogens with one attached hydrogen (secondary N) is 1. The fraction of sp³-hybridized carbons (Fsp3) is 0.333. The highest BCUT2D eigenvalue weighted by Gasteiger charge is 2.19. The van der Waals surface area contributed by atoms with Crippen LogP contribution in [0.3, 0.4) is 0 Å². The van der Waals surface area contributed by atoms with Crippen molar-refractivity contribution < 1.29 is 23.8 Å². The number of aliphatic hydroxyl groups excluding tert-OH is 1. The molecule has 0 aliphatic heterocycles. The van der Waals surface area contributed by atoms with Crippen LogP contribution in [0.5, 0.6) is 5.75 Å². The lowest BCUT2D eigenvalue weighted by molar-refractivity contribution is 0.0458. The number of nitrogens with zero attached hydrogens (tertiary/aromatic N) is 1. The summed E-state index contributed by atoms with van der Waals surface area (Å²) in [5.74, 6) is 0.0993. The Morgan fingerprint density at radius 3 is 2.58 bits per heavy atom. The molecule has 0 saturated carbocycles. The number of ether oxygens (including phenoxy) is 2. The molecule has 31 heavy (non-hydrogen) atoms. The van der Waals surface area contributed by atoms with Crippen molar-refractivity contribution in [2.24, 2.45) is 0 Å². The molecule has 0 spiro atoms. The molecule has 0 bridgehead atoms. The average Bonchev–Trinajstić information content (AvgIpc) is 2.71. The van der Waals surface area contributed by atoms with Crippen molar-refractivity contribution in [1.82, 2.24) is 10.3 Å². The Kier molecular flexibility index (Phi) is 7.07. The molecule has 1 heterocycles. The molecule has 2 aromatic carbocycles. The Morgan fingerprint density at radius 2 is 1.90 bits per heavy atom. The van der Waals surface area contributed by atoms with Crippen LogP contribution >= 0.6 is 0 Å². The molecule has 0 aliphatic carbocycles. The van der Waals surface area contributed by atoms with Gasteiger partial charge in [0.25, 0.3) is 0 Å². The van der Waals surface area contributed by atoms with Crippen LogP contribution in [0.4, 0.5) is 9.18 Å². The molecule has 1 aromatic heterocycles. The third-order valence-electron chi connectivity index (χ3n) is 4.42. The summed E-state index contributed by atoms with van der Waals surface area (Å²) in [5, 5.41) is 12.7. The minimum Gasteiger partial charge on any atom is -0.491 e. The Bertz CT molecular complexity index is 1030. The zero-order valence-electron chi connectivity index (χ0n) is 17.9. The largest absolute Gasteiger partial charge is 0.491 e. The predicted molar refractivity (Wildman–Crippen MR) is 117 cm³/mol. The number of halogens is 1. The van der Waals surface area contributed by atoms with E-state index in [0.29, 0.717) is 28.8 Å². The second kappa shape index (κ2) is 9.75. The number of fused-ring (bicyclic) bond motifs is 1. The van der Waals surface area contributed by atoms with Gasteiger partial charge in [0, 0.05) is 11.8 Å². The van der Waals surface area contributed by atoms with Crippen LogP contribution in [0.1, 0.15) is 32.0 Å². The molecule has 7 heteroatoms. The summed E-state index contributed by atoms with van der Waals surface area (Å²) in [6.07, 6.45) is -0.221. The highest BCUT2D eigenvalue weighted by atomic mass is 19.1. The van der Waals surface area contributed by atoms with E-state index in [1.54, 1.807) is 39.0 Å². The zero-order chi connectivity index (χ0) is 22.4. The van der Waals surface area contributed by atoms with Crippen molar-refractivity contribution in [3.05, 3.63) is 71.7 Å². The number of carbonyl (C=O) groups excluding carboxylic acids is 1. The minimum absolute atomic E-state index is 0.0310. The molecule has 3 aromatic rings. The van der Waals surface area contributed by atoms with E-state index in [9.17, 15) is 14.3 Å². The van der Waals surface area contributed by atoms with Crippen molar-refractivity contribution in [1.29, 1.82) is 0 Å². The summed E-state index contributed by atoms with van der Waals surface area (Å²) in [7, 11) is 0. The van der Waals surface area contributed by atoms with Gasteiger partial charge in [-0.15, -0.1) is 0 Å². The Morgan fingerprint density at radius 1 is 1.16 bits per heavy atom. The number of pyridine rings is 1. The lowest BCUT2D eigenvalue weighted by Gasteiger charge is -2.22. The monoisotopic (exact) mass is 426 g/mol. The number of benzene rings is 2. The molecule has 0 aliphatic rings. The number of aromatic nitrogens is 1. The van der Waals surface area contributed by atoms with Gasteiger partial charge >= 0.3 is 6.09 Å². The van der Waals surface area contributed by atoms with Crippen LogP contribution < -0.4 is 10.1 Å². The fourth-order valence-electron chi connectivity index (χ4n) is 2.98. The maximum Gasteiger partial charge on any atom is 0.408 e. The maximum absolute atomic E-state index is 14.6. The smallest absolute Gasteiger partial charge is 0.408 e. The first-order valence-electron chi connectivity index (χ1n) is 10.1. The van der Waals surface area contributed by atoms with E-state index in [1.807, 2.05) is 30.3 Å². The highest BCUT2D eigenvalue weighted by molar-refractivity contribution is 5.80. The van der Waals surface area contributed by atoms with E-state index in [1.165, 1.54) is 6.07 Å². The van der Waals surface area contributed by atoms with Crippen molar-refractivity contribution in [3.8, 4) is 5.75 Å². The summed E-state index contributed by atoms with van der Waals surface area (Å²) in [4.78, 5) is 16.3. The second-order valence-corrected chi connectivity index (χ2v) is 8.27. The van der Waals surface area contributed by atoms with E-state index < -0.39 is 17.7 Å². The lowest BCUT2D eigenvalue weighted by atomic mass is 10.1. The first-order chi connectivity index (χ1) is 14.7. The number of hydrogen-bond acceptors (Lipinski definition) is 5. The van der Waals surface area contributed by atoms with Crippen LogP contribution in [0.15, 0.2) is 54.6 Å². The van der Waals surface area contributed by atoms with Gasteiger partial charge in [-0.05, 0) is 50.6 Å². The topological polar surface area (TPSA) is 80.7 Å². The lowest BCUT2D eigenvalue weighted by Crippen LogP contribution is -2.44. The molecule has 0 unspecified atom stereocenters. The molecule has 0 radical (unpaired) electrons. The van der Waals surface area contributed by atoms with E-state index >= 15 is 0 Å². The number of hydrogen-bond donors (Lipinski definition) is 2. The predicted octanol–water partition coefficient (Wildman–Crippen LogP) is 4.23. The molecule has 0 saturated heterocycles. The van der Waals surface area contributed by atoms with Gasteiger partial charge < -0.3 is 19.9 Å². The van der Waals surface area contributed by atoms with Crippen LogP contribution in [0.2, 0.25) is 0 Å². The van der Waals surface area contributed by atoms with Gasteiger partial charge in [-0.2, -0.15) is 0 Å². The summed E-state index contributed by atoms with van der Waals surface area (Å²) in [6, 6.07) is 15.6. The van der Waals surface area contributed by atoms with Crippen LogP contribution in [0, 0.1) is 5.82 Å². The Labute approximate surface area is 181 Å². The standard InChI is InChI=1S/C24H27FN2O4/c1-24(2,3)31-23(29)26-18(14-28)15-30-19-9-10-21-17(12-19)13-20(25)22(27-21)11-16-7-5-4-6-8-16/h4-10,12-13,18,28H,11,14-15H2,1-3H3,(H,26,29)/t18-/m1/s1. The van der Waals surface area contributed by atoms with Crippen molar-refractivity contribution in [3.63, 3.8) is 0 Å². The van der Waals surface area contributed by atoms with E-state index in [4.69, 9.17) is 9.47 Å². The first kappa shape index (κ1) is 22.5. The zero-order valence-corrected chi connectivity index (χ0v) is 17.9. The van der Waals surface area contributed by atoms with Gasteiger partial charge in [0.1, 0.15) is 23.8 Å². The van der Waals surface area contributed by atoms with Crippen LogP contribution in [0.25, 0.3) is 10.9 Å².